The van der Waals surface area contributed by atoms with E-state index in [1.807, 2.05) is 12.5 Å². The largest absolute Gasteiger partial charge is 0.331 e. The van der Waals surface area contributed by atoms with Crippen LogP contribution in [0.15, 0.2) is 12.5 Å². The average molecular weight is 192 g/mol. The highest BCUT2D eigenvalue weighted by atomic mass is 15.1. The molecule has 78 valence electrons. The van der Waals surface area contributed by atoms with Crippen LogP contribution in [0.1, 0.15) is 63.6 Å². The fourth-order valence-corrected chi connectivity index (χ4v) is 2.43. The third-order valence-corrected chi connectivity index (χ3v) is 3.26. The Labute approximate surface area is 86.3 Å². The van der Waals surface area contributed by atoms with Crippen molar-refractivity contribution in [2.75, 3.05) is 0 Å². The molecule has 0 aliphatic heterocycles. The van der Waals surface area contributed by atoms with Crippen molar-refractivity contribution in [2.45, 2.75) is 57.9 Å². The lowest BCUT2D eigenvalue weighted by molar-refractivity contribution is 0.344. The predicted octanol–water partition coefficient (Wildman–Crippen LogP) is 3.51. The molecule has 14 heavy (non-hydrogen) atoms. The van der Waals surface area contributed by atoms with Crippen LogP contribution in [0.5, 0.6) is 0 Å². The third kappa shape index (κ3) is 1.84. The lowest BCUT2D eigenvalue weighted by Gasteiger charge is -2.25. The van der Waals surface area contributed by atoms with Gasteiger partial charge in [0, 0.05) is 17.9 Å². The van der Waals surface area contributed by atoms with Crippen LogP contribution in [-0.2, 0) is 0 Å². The molecule has 0 atom stereocenters. The van der Waals surface area contributed by atoms with Gasteiger partial charge in [0.05, 0.1) is 6.33 Å². The summed E-state index contributed by atoms with van der Waals surface area (Å²) < 4.78 is 2.41. The van der Waals surface area contributed by atoms with Crippen molar-refractivity contribution < 1.29 is 0 Å². The van der Waals surface area contributed by atoms with E-state index in [1.165, 1.54) is 37.8 Å². The molecule has 0 aromatic carbocycles. The normalized spacial score (nSPS) is 19.1. The molecule has 0 N–H and O–H groups in total. The van der Waals surface area contributed by atoms with Crippen LogP contribution < -0.4 is 0 Å². The third-order valence-electron chi connectivity index (χ3n) is 3.26. The van der Waals surface area contributed by atoms with Crippen LogP contribution in [0, 0.1) is 0 Å². The van der Waals surface area contributed by atoms with Crippen molar-refractivity contribution in [1.82, 2.24) is 9.55 Å². The Morgan fingerprint density at radius 2 is 2.00 bits per heavy atom. The molecule has 2 nitrogen and oxygen atoms in total. The van der Waals surface area contributed by atoms with E-state index < -0.39 is 0 Å². The predicted molar refractivity (Wildman–Crippen MR) is 58.4 cm³/mol. The maximum Gasteiger partial charge on any atom is 0.0950 e. The minimum atomic E-state index is 0.597. The summed E-state index contributed by atoms with van der Waals surface area (Å²) in [4.78, 5) is 4.28. The summed E-state index contributed by atoms with van der Waals surface area (Å²) in [6, 6.07) is 0.726. The van der Waals surface area contributed by atoms with E-state index in [0.29, 0.717) is 5.92 Å². The van der Waals surface area contributed by atoms with Crippen molar-refractivity contribution in [3.8, 4) is 0 Å². The molecule has 0 bridgehead atoms. The summed E-state index contributed by atoms with van der Waals surface area (Å²) in [5.41, 5.74) is 1.40. The van der Waals surface area contributed by atoms with Gasteiger partial charge in [0.2, 0.25) is 0 Å². The lowest BCUT2D eigenvalue weighted by atomic mass is 9.94. The lowest BCUT2D eigenvalue weighted by Crippen LogP contribution is -2.14. The van der Waals surface area contributed by atoms with Gasteiger partial charge in [-0.25, -0.2) is 4.98 Å². The van der Waals surface area contributed by atoms with Crippen LogP contribution in [0.4, 0.5) is 0 Å². The minimum Gasteiger partial charge on any atom is -0.331 e. The average Bonchev–Trinajstić information content (AvgIpc) is 2.67. The first kappa shape index (κ1) is 9.75. The molecule has 2 heteroatoms. The molecule has 0 unspecified atom stereocenters. The number of rotatable bonds is 2. The highest BCUT2D eigenvalue weighted by molar-refractivity contribution is 5.05. The summed E-state index contributed by atoms with van der Waals surface area (Å²) in [6.45, 7) is 4.49. The van der Waals surface area contributed by atoms with Gasteiger partial charge in [-0.15, -0.1) is 0 Å². The number of imidazole rings is 1. The fraction of sp³-hybridized carbons (Fsp3) is 0.750. The van der Waals surface area contributed by atoms with Crippen LogP contribution in [0.25, 0.3) is 0 Å². The topological polar surface area (TPSA) is 17.8 Å². The van der Waals surface area contributed by atoms with Gasteiger partial charge >= 0.3 is 0 Å². The summed E-state index contributed by atoms with van der Waals surface area (Å²) >= 11 is 0. The van der Waals surface area contributed by atoms with E-state index in [1.54, 1.807) is 0 Å². The van der Waals surface area contributed by atoms with E-state index in [4.69, 9.17) is 0 Å². The molecular weight excluding hydrogens is 172 g/mol. The molecule has 1 fully saturated rings. The second-order valence-corrected chi connectivity index (χ2v) is 4.67. The molecule has 1 aromatic heterocycles. The van der Waals surface area contributed by atoms with Crippen molar-refractivity contribution in [2.24, 2.45) is 0 Å². The number of hydrogen-bond donors (Lipinski definition) is 0. The zero-order chi connectivity index (χ0) is 9.97. The summed E-state index contributed by atoms with van der Waals surface area (Å²) in [5.74, 6) is 0.597. The summed E-state index contributed by atoms with van der Waals surface area (Å²) in [6.07, 6.45) is 10.9. The molecule has 1 heterocycles. The van der Waals surface area contributed by atoms with Gasteiger partial charge in [0.25, 0.3) is 0 Å². The van der Waals surface area contributed by atoms with Gasteiger partial charge in [-0.2, -0.15) is 0 Å². The fourth-order valence-electron chi connectivity index (χ4n) is 2.43. The van der Waals surface area contributed by atoms with E-state index in [-0.39, 0.29) is 0 Å². The van der Waals surface area contributed by atoms with Crippen LogP contribution in [-0.4, -0.2) is 9.55 Å². The standard InChI is InChI=1S/C12H20N2/c1-10(2)12-8-13-9-14(12)11-6-4-3-5-7-11/h8-11H,3-7H2,1-2H3. The van der Waals surface area contributed by atoms with Crippen molar-refractivity contribution >= 4 is 0 Å². The monoisotopic (exact) mass is 192 g/mol. The van der Waals surface area contributed by atoms with Gasteiger partial charge in [-0.1, -0.05) is 33.1 Å². The zero-order valence-corrected chi connectivity index (χ0v) is 9.24. The van der Waals surface area contributed by atoms with Crippen molar-refractivity contribution in [3.05, 3.63) is 18.2 Å². The van der Waals surface area contributed by atoms with Crippen LogP contribution >= 0.6 is 0 Å². The Kier molecular flexibility index (Phi) is 2.90. The van der Waals surface area contributed by atoms with Gasteiger partial charge in [0.1, 0.15) is 0 Å². The highest BCUT2D eigenvalue weighted by Gasteiger charge is 2.18. The molecule has 1 aliphatic carbocycles. The van der Waals surface area contributed by atoms with Gasteiger partial charge in [-0.3, -0.25) is 0 Å². The van der Waals surface area contributed by atoms with E-state index in [2.05, 4.69) is 23.4 Å². The molecular formula is C12H20N2. The first-order valence-corrected chi connectivity index (χ1v) is 5.80. The summed E-state index contributed by atoms with van der Waals surface area (Å²) in [7, 11) is 0. The molecule has 0 spiro atoms. The smallest absolute Gasteiger partial charge is 0.0950 e. The van der Waals surface area contributed by atoms with Gasteiger partial charge < -0.3 is 4.57 Å². The molecule has 0 saturated heterocycles. The highest BCUT2D eigenvalue weighted by Crippen LogP contribution is 2.30. The Morgan fingerprint density at radius 3 is 2.64 bits per heavy atom. The molecule has 1 aliphatic rings. The first-order chi connectivity index (χ1) is 6.79. The van der Waals surface area contributed by atoms with E-state index in [0.717, 1.165) is 6.04 Å². The molecule has 2 rings (SSSR count). The van der Waals surface area contributed by atoms with Gasteiger partial charge in [0.15, 0.2) is 0 Å². The number of hydrogen-bond acceptors (Lipinski definition) is 1. The SMILES string of the molecule is CC(C)c1cncn1C1CCCCC1. The molecule has 1 aromatic rings. The van der Waals surface area contributed by atoms with E-state index >= 15 is 0 Å². The Balaban J connectivity index is 2.17. The molecule has 1 saturated carbocycles. The van der Waals surface area contributed by atoms with Crippen LogP contribution in [0.2, 0.25) is 0 Å². The second kappa shape index (κ2) is 4.16. The maximum atomic E-state index is 4.28. The van der Waals surface area contributed by atoms with Crippen molar-refractivity contribution in [3.63, 3.8) is 0 Å². The second-order valence-electron chi connectivity index (χ2n) is 4.67. The first-order valence-electron chi connectivity index (χ1n) is 5.80. The zero-order valence-electron chi connectivity index (χ0n) is 9.24. The Bertz CT molecular complexity index is 282. The number of aromatic nitrogens is 2. The van der Waals surface area contributed by atoms with Crippen LogP contribution in [0.3, 0.4) is 0 Å². The number of nitrogens with zero attached hydrogens (tertiary/aromatic N) is 2. The molecule has 0 radical (unpaired) electrons. The van der Waals surface area contributed by atoms with Crippen molar-refractivity contribution in [1.29, 1.82) is 0 Å². The quantitative estimate of drug-likeness (QED) is 0.701. The van der Waals surface area contributed by atoms with E-state index in [9.17, 15) is 0 Å². The summed E-state index contributed by atoms with van der Waals surface area (Å²) in [5, 5.41) is 0. The maximum absolute atomic E-state index is 4.28. The molecule has 0 amide bonds. The van der Waals surface area contributed by atoms with Gasteiger partial charge in [-0.05, 0) is 18.8 Å². The minimum absolute atomic E-state index is 0.597. The Morgan fingerprint density at radius 1 is 1.29 bits per heavy atom. The Hall–Kier alpha value is -0.790.